The van der Waals surface area contributed by atoms with Crippen LogP contribution < -0.4 is 5.56 Å². The lowest BCUT2D eigenvalue weighted by atomic mass is 10.3. The minimum Gasteiger partial charge on any atom is -0.318 e. The van der Waals surface area contributed by atoms with Crippen LogP contribution in [0.15, 0.2) is 33.8 Å². The van der Waals surface area contributed by atoms with Gasteiger partial charge >= 0.3 is 0 Å². The Labute approximate surface area is 93.1 Å². The van der Waals surface area contributed by atoms with Crippen LogP contribution in [0.4, 0.5) is 0 Å². The van der Waals surface area contributed by atoms with Crippen molar-refractivity contribution >= 4 is 33.0 Å². The van der Waals surface area contributed by atoms with Crippen LogP contribution in [0.5, 0.6) is 0 Å². The van der Waals surface area contributed by atoms with Gasteiger partial charge < -0.3 is 4.98 Å². The van der Waals surface area contributed by atoms with Crippen LogP contribution in [0.25, 0.3) is 20.9 Å². The summed E-state index contributed by atoms with van der Waals surface area (Å²) in [6.45, 7) is 0. The van der Waals surface area contributed by atoms with Crippen molar-refractivity contribution in [2.75, 3.05) is 0 Å². The fourth-order valence-corrected chi connectivity index (χ4v) is 2.83. The SMILES string of the molecule is O=c1[nH]c2ccsc2nc1-c1cccs1. The van der Waals surface area contributed by atoms with Gasteiger partial charge in [-0.05, 0) is 22.9 Å². The number of aromatic nitrogens is 2. The van der Waals surface area contributed by atoms with Crippen molar-refractivity contribution in [1.29, 1.82) is 0 Å². The Kier molecular flexibility index (Phi) is 1.93. The molecule has 3 nitrogen and oxygen atoms in total. The van der Waals surface area contributed by atoms with E-state index >= 15 is 0 Å². The monoisotopic (exact) mass is 234 g/mol. The Bertz CT molecular complexity index is 651. The summed E-state index contributed by atoms with van der Waals surface area (Å²) in [6.07, 6.45) is 0. The molecule has 0 unspecified atom stereocenters. The molecule has 0 aromatic carbocycles. The van der Waals surface area contributed by atoms with Crippen molar-refractivity contribution in [1.82, 2.24) is 9.97 Å². The minimum absolute atomic E-state index is 0.122. The highest BCUT2D eigenvalue weighted by Gasteiger charge is 2.08. The maximum atomic E-state index is 11.7. The van der Waals surface area contributed by atoms with Gasteiger partial charge in [0.05, 0.1) is 10.4 Å². The largest absolute Gasteiger partial charge is 0.318 e. The summed E-state index contributed by atoms with van der Waals surface area (Å²) >= 11 is 3.05. The highest BCUT2D eigenvalue weighted by atomic mass is 32.1. The van der Waals surface area contributed by atoms with E-state index in [2.05, 4.69) is 9.97 Å². The van der Waals surface area contributed by atoms with Crippen molar-refractivity contribution in [2.45, 2.75) is 0 Å². The molecule has 3 heterocycles. The standard InChI is InChI=1S/C10H6N2OS2/c13-9-8(7-2-1-4-14-7)12-10-6(11-9)3-5-15-10/h1-5H,(H,11,13). The number of rotatable bonds is 1. The molecule has 0 amide bonds. The first-order chi connectivity index (χ1) is 7.34. The molecule has 0 saturated carbocycles. The number of aromatic amines is 1. The molecule has 3 aromatic heterocycles. The lowest BCUT2D eigenvalue weighted by molar-refractivity contribution is 1.24. The van der Waals surface area contributed by atoms with Gasteiger partial charge in [-0.2, -0.15) is 0 Å². The van der Waals surface area contributed by atoms with Gasteiger partial charge in [-0.25, -0.2) is 4.98 Å². The normalized spacial score (nSPS) is 10.9. The molecule has 0 spiro atoms. The first-order valence-electron chi connectivity index (χ1n) is 4.36. The lowest BCUT2D eigenvalue weighted by Crippen LogP contribution is -2.09. The van der Waals surface area contributed by atoms with Crippen LogP contribution in [0.1, 0.15) is 0 Å². The van der Waals surface area contributed by atoms with Crippen molar-refractivity contribution < 1.29 is 0 Å². The Balaban J connectivity index is 2.35. The van der Waals surface area contributed by atoms with E-state index in [1.165, 1.54) is 22.7 Å². The Morgan fingerprint density at radius 3 is 2.93 bits per heavy atom. The average molecular weight is 234 g/mol. The highest BCUT2D eigenvalue weighted by molar-refractivity contribution is 7.16. The quantitative estimate of drug-likeness (QED) is 0.703. The second-order valence-electron chi connectivity index (χ2n) is 3.03. The fourth-order valence-electron chi connectivity index (χ4n) is 1.40. The van der Waals surface area contributed by atoms with E-state index in [9.17, 15) is 4.79 Å². The summed E-state index contributed by atoms with van der Waals surface area (Å²) < 4.78 is 0. The second kappa shape index (κ2) is 3.29. The third-order valence-corrected chi connectivity index (χ3v) is 3.76. The molecule has 1 N–H and O–H groups in total. The summed E-state index contributed by atoms with van der Waals surface area (Å²) in [5.41, 5.74) is 1.20. The van der Waals surface area contributed by atoms with Crippen LogP contribution in [-0.2, 0) is 0 Å². The number of thiophene rings is 2. The molecule has 0 bridgehead atoms. The van der Waals surface area contributed by atoms with Crippen LogP contribution in [-0.4, -0.2) is 9.97 Å². The molecule has 0 aliphatic rings. The molecule has 3 aromatic rings. The molecule has 0 atom stereocenters. The van der Waals surface area contributed by atoms with Gasteiger partial charge in [0, 0.05) is 0 Å². The number of nitrogens with one attached hydrogen (secondary N) is 1. The third kappa shape index (κ3) is 1.40. The van der Waals surface area contributed by atoms with E-state index in [0.717, 1.165) is 15.2 Å². The van der Waals surface area contributed by atoms with Crippen LogP contribution >= 0.6 is 22.7 Å². The zero-order valence-corrected chi connectivity index (χ0v) is 9.19. The van der Waals surface area contributed by atoms with Crippen molar-refractivity contribution in [2.24, 2.45) is 0 Å². The summed E-state index contributed by atoms with van der Waals surface area (Å²) in [5.74, 6) is 0. The van der Waals surface area contributed by atoms with Crippen LogP contribution in [0, 0.1) is 0 Å². The summed E-state index contributed by atoms with van der Waals surface area (Å²) in [7, 11) is 0. The molecular formula is C10H6N2OS2. The molecule has 0 aliphatic heterocycles. The van der Waals surface area contributed by atoms with E-state index in [-0.39, 0.29) is 5.56 Å². The van der Waals surface area contributed by atoms with Gasteiger partial charge in [0.2, 0.25) is 0 Å². The smallest absolute Gasteiger partial charge is 0.275 e. The van der Waals surface area contributed by atoms with Crippen molar-refractivity contribution in [3.8, 4) is 10.6 Å². The van der Waals surface area contributed by atoms with E-state index in [1.807, 2.05) is 29.0 Å². The molecule has 0 radical (unpaired) electrons. The van der Waals surface area contributed by atoms with E-state index in [4.69, 9.17) is 0 Å². The number of fused-ring (bicyclic) bond motifs is 1. The molecule has 74 valence electrons. The first-order valence-corrected chi connectivity index (χ1v) is 6.12. The minimum atomic E-state index is -0.122. The lowest BCUT2D eigenvalue weighted by Gasteiger charge is -1.95. The second-order valence-corrected chi connectivity index (χ2v) is 4.87. The molecule has 0 fully saturated rings. The van der Waals surface area contributed by atoms with E-state index in [1.54, 1.807) is 0 Å². The van der Waals surface area contributed by atoms with Gasteiger partial charge in [0.15, 0.2) is 0 Å². The van der Waals surface area contributed by atoms with Gasteiger partial charge in [0.1, 0.15) is 10.5 Å². The van der Waals surface area contributed by atoms with E-state index in [0.29, 0.717) is 5.69 Å². The molecule has 5 heteroatoms. The zero-order chi connectivity index (χ0) is 10.3. The average Bonchev–Trinajstić information content (AvgIpc) is 2.85. The van der Waals surface area contributed by atoms with Gasteiger partial charge in [-0.15, -0.1) is 22.7 Å². The maximum absolute atomic E-state index is 11.7. The number of hydrogen-bond donors (Lipinski definition) is 1. The van der Waals surface area contributed by atoms with Crippen LogP contribution in [0.3, 0.4) is 0 Å². The predicted molar refractivity (Wildman–Crippen MR) is 63.6 cm³/mol. The van der Waals surface area contributed by atoms with Crippen LogP contribution in [0.2, 0.25) is 0 Å². The zero-order valence-electron chi connectivity index (χ0n) is 7.56. The Morgan fingerprint density at radius 2 is 2.13 bits per heavy atom. The summed E-state index contributed by atoms with van der Waals surface area (Å²) in [6, 6.07) is 5.69. The van der Waals surface area contributed by atoms with Gasteiger partial charge in [0.25, 0.3) is 5.56 Å². The van der Waals surface area contributed by atoms with Crippen molar-refractivity contribution in [3.05, 3.63) is 39.3 Å². The highest BCUT2D eigenvalue weighted by Crippen LogP contribution is 2.22. The molecule has 0 saturated heterocycles. The van der Waals surface area contributed by atoms with E-state index < -0.39 is 0 Å². The topological polar surface area (TPSA) is 45.8 Å². The first kappa shape index (κ1) is 8.82. The Hall–Kier alpha value is -1.46. The van der Waals surface area contributed by atoms with Gasteiger partial charge in [-0.1, -0.05) is 6.07 Å². The molecule has 0 aliphatic carbocycles. The van der Waals surface area contributed by atoms with Gasteiger partial charge in [-0.3, -0.25) is 4.79 Å². The molecular weight excluding hydrogens is 228 g/mol. The maximum Gasteiger partial charge on any atom is 0.275 e. The fraction of sp³-hybridized carbons (Fsp3) is 0. The molecule has 15 heavy (non-hydrogen) atoms. The number of H-pyrrole nitrogens is 1. The number of hydrogen-bond acceptors (Lipinski definition) is 4. The third-order valence-electron chi connectivity index (χ3n) is 2.08. The molecule has 3 rings (SSSR count). The predicted octanol–water partition coefficient (Wildman–Crippen LogP) is 2.71. The Morgan fingerprint density at radius 1 is 1.20 bits per heavy atom. The summed E-state index contributed by atoms with van der Waals surface area (Å²) in [5, 5.41) is 3.86. The van der Waals surface area contributed by atoms with Crippen molar-refractivity contribution in [3.63, 3.8) is 0 Å². The number of nitrogens with zero attached hydrogens (tertiary/aromatic N) is 1. The summed E-state index contributed by atoms with van der Waals surface area (Å²) in [4.78, 5) is 20.7.